The van der Waals surface area contributed by atoms with Crippen molar-refractivity contribution in [3.63, 3.8) is 0 Å². The molecule has 2 heterocycles. The molecule has 0 bridgehead atoms. The van der Waals surface area contributed by atoms with E-state index in [-0.39, 0.29) is 0 Å². The number of hydrogen-bond donors (Lipinski definition) is 0. The highest BCUT2D eigenvalue weighted by Gasteiger charge is 2.22. The average molecular weight is 208 g/mol. The van der Waals surface area contributed by atoms with Gasteiger partial charge in [0.1, 0.15) is 11.6 Å². The van der Waals surface area contributed by atoms with Gasteiger partial charge < -0.3 is 0 Å². The Kier molecular flexibility index (Phi) is 2.54. The van der Waals surface area contributed by atoms with Crippen LogP contribution in [0.3, 0.4) is 0 Å². The molecule has 4 heteroatoms. The van der Waals surface area contributed by atoms with E-state index >= 15 is 0 Å². The summed E-state index contributed by atoms with van der Waals surface area (Å²) in [6, 6.07) is 0. The Hall–Kier alpha value is -0.900. The molecule has 0 amide bonds. The van der Waals surface area contributed by atoms with E-state index in [1.807, 2.05) is 11.6 Å². The van der Waals surface area contributed by atoms with Crippen LogP contribution in [-0.4, -0.2) is 32.8 Å². The molecule has 0 unspecified atom stereocenters. The van der Waals surface area contributed by atoms with Gasteiger partial charge >= 0.3 is 0 Å². The number of fused-ring (bicyclic) bond motifs is 1. The van der Waals surface area contributed by atoms with Gasteiger partial charge in [-0.25, -0.2) is 9.67 Å². The predicted octanol–water partition coefficient (Wildman–Crippen LogP) is 1.45. The second kappa shape index (κ2) is 3.59. The van der Waals surface area contributed by atoms with Gasteiger partial charge in [0.15, 0.2) is 0 Å². The molecule has 15 heavy (non-hydrogen) atoms. The lowest BCUT2D eigenvalue weighted by molar-refractivity contribution is 0.150. The summed E-state index contributed by atoms with van der Waals surface area (Å²) in [7, 11) is 0. The third-order valence-electron chi connectivity index (χ3n) is 2.55. The summed E-state index contributed by atoms with van der Waals surface area (Å²) < 4.78 is 2.04. The maximum atomic E-state index is 4.44. The monoisotopic (exact) mass is 208 g/mol. The maximum Gasteiger partial charge on any atom is 0.147 e. The minimum Gasteiger partial charge on any atom is -0.294 e. The summed E-state index contributed by atoms with van der Waals surface area (Å²) in [5.41, 5.74) is 0.358. The molecular formula is C11H20N4. The number of nitrogens with zero attached hydrogens (tertiary/aromatic N) is 4. The highest BCUT2D eigenvalue weighted by molar-refractivity contribution is 4.94. The topological polar surface area (TPSA) is 34.0 Å². The first kappa shape index (κ1) is 10.6. The quantitative estimate of drug-likeness (QED) is 0.700. The van der Waals surface area contributed by atoms with E-state index in [0.717, 1.165) is 37.8 Å². The molecule has 1 aliphatic heterocycles. The fraction of sp³-hybridized carbons (Fsp3) is 0.818. The summed E-state index contributed by atoms with van der Waals surface area (Å²) in [6.07, 6.45) is 0. The van der Waals surface area contributed by atoms with Crippen LogP contribution in [0.1, 0.15) is 32.4 Å². The first-order valence-electron chi connectivity index (χ1n) is 5.57. The van der Waals surface area contributed by atoms with Gasteiger partial charge in [0.2, 0.25) is 0 Å². The molecule has 1 aliphatic rings. The highest BCUT2D eigenvalue weighted by Crippen LogP contribution is 2.18. The summed E-state index contributed by atoms with van der Waals surface area (Å²) in [5.74, 6) is 2.01. The van der Waals surface area contributed by atoms with Gasteiger partial charge in [0.25, 0.3) is 0 Å². The van der Waals surface area contributed by atoms with Crippen LogP contribution >= 0.6 is 0 Å². The van der Waals surface area contributed by atoms with Crippen molar-refractivity contribution in [1.82, 2.24) is 19.7 Å². The van der Waals surface area contributed by atoms with E-state index in [4.69, 9.17) is 0 Å². The molecule has 0 N–H and O–H groups in total. The van der Waals surface area contributed by atoms with Gasteiger partial charge in [-0.15, -0.1) is 0 Å². The Labute approximate surface area is 91.3 Å². The van der Waals surface area contributed by atoms with E-state index in [1.54, 1.807) is 0 Å². The smallest absolute Gasteiger partial charge is 0.147 e. The van der Waals surface area contributed by atoms with E-state index in [9.17, 15) is 0 Å². The molecule has 0 spiro atoms. The fourth-order valence-electron chi connectivity index (χ4n) is 2.12. The van der Waals surface area contributed by atoms with E-state index < -0.39 is 0 Å². The molecule has 0 radical (unpaired) electrons. The van der Waals surface area contributed by atoms with Gasteiger partial charge in [0.05, 0.1) is 13.1 Å². The van der Waals surface area contributed by atoms with E-state index in [0.29, 0.717) is 5.41 Å². The Morgan fingerprint density at radius 3 is 2.67 bits per heavy atom. The first-order valence-corrected chi connectivity index (χ1v) is 5.57. The Balaban J connectivity index is 2.05. The lowest BCUT2D eigenvalue weighted by Crippen LogP contribution is -2.39. The molecule has 1 aromatic rings. The largest absolute Gasteiger partial charge is 0.294 e. The number of aromatic nitrogens is 3. The molecule has 0 saturated heterocycles. The SMILES string of the molecule is Cc1nc2n(n1)CCN(CC(C)(C)C)C2. The highest BCUT2D eigenvalue weighted by atomic mass is 15.4. The van der Waals surface area contributed by atoms with Crippen LogP contribution < -0.4 is 0 Å². The lowest BCUT2D eigenvalue weighted by Gasteiger charge is -2.32. The van der Waals surface area contributed by atoms with Gasteiger partial charge in [-0.05, 0) is 12.3 Å². The molecule has 0 fully saturated rings. The van der Waals surface area contributed by atoms with Gasteiger partial charge in [-0.1, -0.05) is 20.8 Å². The zero-order valence-corrected chi connectivity index (χ0v) is 10.1. The lowest BCUT2D eigenvalue weighted by atomic mass is 9.96. The second-order valence-electron chi connectivity index (χ2n) is 5.57. The van der Waals surface area contributed by atoms with Crippen molar-refractivity contribution in [1.29, 1.82) is 0 Å². The van der Waals surface area contributed by atoms with Crippen LogP contribution in [0.4, 0.5) is 0 Å². The minimum atomic E-state index is 0.358. The Bertz CT molecular complexity index is 348. The van der Waals surface area contributed by atoms with Crippen LogP contribution in [0.2, 0.25) is 0 Å². The molecule has 1 aromatic heterocycles. The van der Waals surface area contributed by atoms with Crippen molar-refractivity contribution in [2.24, 2.45) is 5.41 Å². The summed E-state index contributed by atoms with van der Waals surface area (Å²) in [6.45, 7) is 12.9. The normalized spacial score (nSPS) is 17.9. The number of hydrogen-bond acceptors (Lipinski definition) is 3. The molecule has 4 nitrogen and oxygen atoms in total. The van der Waals surface area contributed by atoms with Crippen LogP contribution in [0, 0.1) is 12.3 Å². The molecule has 0 aromatic carbocycles. The Morgan fingerprint density at radius 2 is 2.00 bits per heavy atom. The first-order chi connectivity index (χ1) is 6.94. The van der Waals surface area contributed by atoms with Gasteiger partial charge in [-0.3, -0.25) is 4.90 Å². The van der Waals surface area contributed by atoms with Crippen molar-refractivity contribution in [2.75, 3.05) is 13.1 Å². The summed E-state index contributed by atoms with van der Waals surface area (Å²) >= 11 is 0. The zero-order chi connectivity index (χ0) is 11.1. The minimum absolute atomic E-state index is 0.358. The third kappa shape index (κ3) is 2.56. The third-order valence-corrected chi connectivity index (χ3v) is 2.55. The van der Waals surface area contributed by atoms with Crippen molar-refractivity contribution in [3.8, 4) is 0 Å². The van der Waals surface area contributed by atoms with Crippen molar-refractivity contribution in [3.05, 3.63) is 11.6 Å². The van der Waals surface area contributed by atoms with Crippen LogP contribution in [-0.2, 0) is 13.1 Å². The number of rotatable bonds is 1. The van der Waals surface area contributed by atoms with Crippen LogP contribution in [0.5, 0.6) is 0 Å². The van der Waals surface area contributed by atoms with Gasteiger partial charge in [0, 0.05) is 13.1 Å². The fourth-order valence-corrected chi connectivity index (χ4v) is 2.12. The molecule has 0 atom stereocenters. The second-order valence-corrected chi connectivity index (χ2v) is 5.57. The standard InChI is InChI=1S/C11H20N4/c1-9-12-10-7-14(8-11(2,3)4)5-6-15(10)13-9/h5-8H2,1-4H3. The van der Waals surface area contributed by atoms with E-state index in [1.165, 1.54) is 0 Å². The maximum absolute atomic E-state index is 4.44. The molecule has 0 saturated carbocycles. The number of aryl methyl sites for hydroxylation is 1. The van der Waals surface area contributed by atoms with Crippen molar-refractivity contribution in [2.45, 2.75) is 40.8 Å². The molecular weight excluding hydrogens is 188 g/mol. The van der Waals surface area contributed by atoms with Crippen LogP contribution in [0.25, 0.3) is 0 Å². The van der Waals surface area contributed by atoms with Gasteiger partial charge in [-0.2, -0.15) is 5.10 Å². The van der Waals surface area contributed by atoms with Crippen molar-refractivity contribution < 1.29 is 0 Å². The average Bonchev–Trinajstić information content (AvgIpc) is 2.40. The Morgan fingerprint density at radius 1 is 1.27 bits per heavy atom. The molecule has 2 rings (SSSR count). The van der Waals surface area contributed by atoms with Crippen molar-refractivity contribution >= 4 is 0 Å². The molecule has 84 valence electrons. The van der Waals surface area contributed by atoms with Crippen LogP contribution in [0.15, 0.2) is 0 Å². The predicted molar refractivity (Wildman–Crippen MR) is 59.5 cm³/mol. The zero-order valence-electron chi connectivity index (χ0n) is 10.1. The van der Waals surface area contributed by atoms with E-state index in [2.05, 4.69) is 35.8 Å². The summed E-state index contributed by atoms with van der Waals surface area (Å²) in [4.78, 5) is 6.90. The summed E-state index contributed by atoms with van der Waals surface area (Å²) in [5, 5.41) is 4.36. The molecule has 0 aliphatic carbocycles.